The highest BCUT2D eigenvalue weighted by atomic mass is 35.5. The van der Waals surface area contributed by atoms with E-state index in [1.807, 2.05) is 25.2 Å². The molecule has 204 valence electrons. The largest absolute Gasteiger partial charge is 0.489 e. The third-order valence-corrected chi connectivity index (χ3v) is 8.00. The highest BCUT2D eigenvalue weighted by Crippen LogP contribution is 2.45. The van der Waals surface area contributed by atoms with Crippen molar-refractivity contribution >= 4 is 34.8 Å². The first-order valence-corrected chi connectivity index (χ1v) is 13.4. The summed E-state index contributed by atoms with van der Waals surface area (Å²) in [6.45, 7) is 4.41. The first-order chi connectivity index (χ1) is 18.7. The van der Waals surface area contributed by atoms with Crippen LogP contribution < -0.4 is 14.8 Å². The number of hydrogen-bond donors (Lipinski definition) is 1. The van der Waals surface area contributed by atoms with Crippen LogP contribution in [0.3, 0.4) is 0 Å². The van der Waals surface area contributed by atoms with E-state index in [0.717, 1.165) is 5.56 Å². The predicted octanol–water partition coefficient (Wildman–Crippen LogP) is 6.34. The highest BCUT2D eigenvalue weighted by molar-refractivity contribution is 6.43. The third kappa shape index (κ3) is 4.93. The summed E-state index contributed by atoms with van der Waals surface area (Å²) >= 11 is 12.7. The van der Waals surface area contributed by atoms with Gasteiger partial charge in [0, 0.05) is 23.7 Å². The van der Waals surface area contributed by atoms with Crippen molar-refractivity contribution in [2.75, 3.05) is 27.3 Å². The van der Waals surface area contributed by atoms with Gasteiger partial charge in [-0.2, -0.15) is 0 Å². The topological polar surface area (TPSA) is 68.1 Å². The van der Waals surface area contributed by atoms with Gasteiger partial charge in [-0.25, -0.2) is 9.37 Å². The van der Waals surface area contributed by atoms with E-state index in [-0.39, 0.29) is 30.1 Å². The van der Waals surface area contributed by atoms with Gasteiger partial charge in [0.1, 0.15) is 28.8 Å². The fourth-order valence-corrected chi connectivity index (χ4v) is 5.28. The molecule has 0 aliphatic carbocycles. The summed E-state index contributed by atoms with van der Waals surface area (Å²) in [4.78, 5) is 21.1. The number of ether oxygens (including phenoxy) is 2. The minimum Gasteiger partial charge on any atom is -0.489 e. The molecule has 2 aromatic heterocycles. The van der Waals surface area contributed by atoms with Crippen LogP contribution in [-0.2, 0) is 0 Å². The number of hydrogen-bond acceptors (Lipinski definition) is 5. The van der Waals surface area contributed by atoms with Crippen molar-refractivity contribution in [2.24, 2.45) is 0 Å². The lowest BCUT2D eigenvalue weighted by molar-refractivity contribution is 0.0637. The lowest BCUT2D eigenvalue weighted by Gasteiger charge is -2.29. The second-order valence-corrected chi connectivity index (χ2v) is 10.4. The third-order valence-electron chi connectivity index (χ3n) is 7.21. The van der Waals surface area contributed by atoms with Gasteiger partial charge < -0.3 is 19.7 Å². The van der Waals surface area contributed by atoms with Crippen molar-refractivity contribution in [2.45, 2.75) is 32.4 Å². The number of halogens is 3. The Labute approximate surface area is 236 Å². The van der Waals surface area contributed by atoms with Crippen LogP contribution in [0.25, 0.3) is 16.9 Å². The number of aryl methyl sites for hydroxylation is 1. The summed E-state index contributed by atoms with van der Waals surface area (Å²) in [6.07, 6.45) is 0.692. The summed E-state index contributed by atoms with van der Waals surface area (Å²) in [6, 6.07) is 13.5. The summed E-state index contributed by atoms with van der Waals surface area (Å²) in [5.74, 6) is 0.376. The molecule has 0 fully saturated rings. The van der Waals surface area contributed by atoms with Crippen LogP contribution in [0.2, 0.25) is 10.0 Å². The number of amides is 1. The number of methoxy groups -OCH3 is 1. The number of benzene rings is 2. The molecule has 4 aromatic rings. The maximum absolute atomic E-state index is 14.5. The molecule has 1 N–H and O–H groups in total. The summed E-state index contributed by atoms with van der Waals surface area (Å²) in [7, 11) is 3.44. The molecule has 0 radical (unpaired) electrons. The zero-order valence-corrected chi connectivity index (χ0v) is 23.6. The van der Waals surface area contributed by atoms with Crippen molar-refractivity contribution in [1.29, 1.82) is 0 Å². The summed E-state index contributed by atoms with van der Waals surface area (Å²) in [5, 5.41) is 3.95. The van der Waals surface area contributed by atoms with Gasteiger partial charge in [0.25, 0.3) is 5.91 Å². The maximum atomic E-state index is 14.5. The Morgan fingerprint density at radius 2 is 2.08 bits per heavy atom. The minimum absolute atomic E-state index is 0.163. The van der Waals surface area contributed by atoms with Gasteiger partial charge in [0.2, 0.25) is 0 Å². The van der Waals surface area contributed by atoms with Crippen molar-refractivity contribution in [3.05, 3.63) is 81.2 Å². The van der Waals surface area contributed by atoms with Crippen LogP contribution in [0.5, 0.6) is 11.6 Å². The molecular weight excluding hydrogens is 542 g/mol. The molecule has 3 heterocycles. The SMILES string of the molecule is CNC(C)CCN(C(=O)c1nc2cccc(OC)n2c1-c1ccc(F)c(C)c1)C1COc2c1ccc(Cl)c2Cl. The maximum Gasteiger partial charge on any atom is 0.275 e. The molecule has 39 heavy (non-hydrogen) atoms. The van der Waals surface area contributed by atoms with E-state index in [1.54, 1.807) is 47.6 Å². The lowest BCUT2D eigenvalue weighted by atomic mass is 10.0. The monoisotopic (exact) mass is 570 g/mol. The van der Waals surface area contributed by atoms with Crippen LogP contribution >= 0.6 is 23.2 Å². The molecule has 1 aliphatic heterocycles. The Balaban J connectivity index is 1.68. The summed E-state index contributed by atoms with van der Waals surface area (Å²) < 4.78 is 27.6. The van der Waals surface area contributed by atoms with Gasteiger partial charge in [-0.15, -0.1) is 0 Å². The molecule has 0 saturated heterocycles. The number of rotatable bonds is 8. The van der Waals surface area contributed by atoms with Crippen LogP contribution in [0, 0.1) is 12.7 Å². The average Bonchev–Trinajstić information content (AvgIpc) is 3.54. The van der Waals surface area contributed by atoms with Gasteiger partial charge in [-0.1, -0.05) is 35.3 Å². The first-order valence-electron chi connectivity index (χ1n) is 12.7. The number of carbonyl (C=O) groups excluding carboxylic acids is 1. The molecule has 7 nitrogen and oxygen atoms in total. The minimum atomic E-state index is -0.402. The zero-order valence-electron chi connectivity index (χ0n) is 22.1. The molecule has 2 atom stereocenters. The normalized spacial score (nSPS) is 15.2. The fourth-order valence-electron chi connectivity index (χ4n) is 4.91. The number of carbonyl (C=O) groups is 1. The van der Waals surface area contributed by atoms with E-state index in [2.05, 4.69) is 12.2 Å². The van der Waals surface area contributed by atoms with Crippen LogP contribution in [0.4, 0.5) is 4.39 Å². The molecule has 10 heteroatoms. The van der Waals surface area contributed by atoms with Crippen molar-refractivity contribution in [1.82, 2.24) is 19.6 Å². The van der Waals surface area contributed by atoms with Crippen molar-refractivity contribution in [3.8, 4) is 22.9 Å². The lowest BCUT2D eigenvalue weighted by Crippen LogP contribution is -2.39. The second-order valence-electron chi connectivity index (χ2n) is 9.62. The van der Waals surface area contributed by atoms with Gasteiger partial charge in [0.05, 0.1) is 23.9 Å². The predicted molar refractivity (Wildman–Crippen MR) is 151 cm³/mol. The van der Waals surface area contributed by atoms with Crippen LogP contribution in [0.1, 0.15) is 41.0 Å². The smallest absolute Gasteiger partial charge is 0.275 e. The number of fused-ring (bicyclic) bond motifs is 2. The molecule has 1 amide bonds. The molecular formula is C29H29Cl2FN4O3. The van der Waals surface area contributed by atoms with Gasteiger partial charge >= 0.3 is 0 Å². The Morgan fingerprint density at radius 3 is 2.79 bits per heavy atom. The zero-order chi connectivity index (χ0) is 27.8. The molecule has 5 rings (SSSR count). The van der Waals surface area contributed by atoms with E-state index in [0.29, 0.717) is 57.1 Å². The Kier molecular flexibility index (Phi) is 7.71. The van der Waals surface area contributed by atoms with Crippen LogP contribution in [0.15, 0.2) is 48.5 Å². The van der Waals surface area contributed by atoms with E-state index in [9.17, 15) is 9.18 Å². The van der Waals surface area contributed by atoms with Gasteiger partial charge in [-0.3, -0.25) is 9.20 Å². The molecule has 2 aromatic carbocycles. The summed E-state index contributed by atoms with van der Waals surface area (Å²) in [5.41, 5.74) is 3.19. The number of imidazole rings is 1. The second kappa shape index (κ2) is 11.0. The van der Waals surface area contributed by atoms with Crippen molar-refractivity contribution < 1.29 is 18.7 Å². The Hall–Kier alpha value is -3.33. The number of nitrogens with zero attached hydrogens (tertiary/aromatic N) is 3. The Bertz CT molecular complexity index is 1560. The molecule has 2 unspecified atom stereocenters. The first kappa shape index (κ1) is 27.2. The standard InChI is InChI=1S/C29H29Cl2FN4O3/c1-16-14-18(8-11-21(16)32)27-26(34-23-6-5-7-24(38-4)36(23)27)29(37)35(13-12-17(2)33-3)22-15-39-28-19(22)9-10-20(30)25(28)31/h5-11,14,17,22,33H,12-13,15H2,1-4H3. The number of nitrogens with one attached hydrogen (secondary N) is 1. The van der Waals surface area contributed by atoms with E-state index >= 15 is 0 Å². The number of pyridine rings is 1. The van der Waals surface area contributed by atoms with Crippen molar-refractivity contribution in [3.63, 3.8) is 0 Å². The fraction of sp³-hybridized carbons (Fsp3) is 0.310. The quantitative estimate of drug-likeness (QED) is 0.268. The van der Waals surface area contributed by atoms with E-state index in [4.69, 9.17) is 37.7 Å². The van der Waals surface area contributed by atoms with Gasteiger partial charge in [0.15, 0.2) is 11.6 Å². The van der Waals surface area contributed by atoms with E-state index in [1.165, 1.54) is 6.07 Å². The molecule has 1 aliphatic rings. The highest BCUT2D eigenvalue weighted by Gasteiger charge is 2.37. The Morgan fingerprint density at radius 1 is 1.28 bits per heavy atom. The van der Waals surface area contributed by atoms with Crippen LogP contribution in [-0.4, -0.2) is 53.5 Å². The number of aromatic nitrogens is 2. The molecule has 0 spiro atoms. The van der Waals surface area contributed by atoms with E-state index < -0.39 is 6.04 Å². The molecule has 0 bridgehead atoms. The van der Waals surface area contributed by atoms with Gasteiger partial charge in [-0.05, 0) is 69.3 Å². The average molecular weight is 571 g/mol. The molecule has 0 saturated carbocycles.